The fraction of sp³-hybridized carbons (Fsp3) is 0.368. The summed E-state index contributed by atoms with van der Waals surface area (Å²) in [5, 5.41) is 16.8. The predicted octanol–water partition coefficient (Wildman–Crippen LogP) is 3.09. The summed E-state index contributed by atoms with van der Waals surface area (Å²) in [4.78, 5) is 62.9. The van der Waals surface area contributed by atoms with Crippen molar-refractivity contribution < 1.29 is 32.3 Å². The standard InChI is InChI=1S/C38H39N11O7S/c1-21-15-26(6-8-29(21)43-38-45-34-33(56-25-3-2-4-25)32(23-18-40-41-19-23)39-20-48(34)46-38)57(54,55)42-17-22-11-13-47(14-12-22)24-5-7-27-28(16-24)37(53)49(36(27)52)30-9-10-31(50)44-35(30)51/h5-8,15-16,18-20,22,25,30,42H,2-4,9-14,17H2,1H3,(H,40,41)(H,43,46)(H,44,50,51). The van der Waals surface area contributed by atoms with Crippen molar-refractivity contribution in [2.45, 2.75) is 68.9 Å². The summed E-state index contributed by atoms with van der Waals surface area (Å²) < 4.78 is 37.5. The van der Waals surface area contributed by atoms with E-state index in [1.807, 2.05) is 6.92 Å². The van der Waals surface area contributed by atoms with Crippen molar-refractivity contribution in [1.82, 2.24) is 44.7 Å². The van der Waals surface area contributed by atoms with E-state index in [9.17, 15) is 27.6 Å². The largest absolute Gasteiger partial charge is 0.484 e. The van der Waals surface area contributed by atoms with Gasteiger partial charge in [-0.05, 0) is 93.3 Å². The Labute approximate surface area is 326 Å². The average molecular weight is 794 g/mol. The highest BCUT2D eigenvalue weighted by Gasteiger charge is 2.45. The number of imide groups is 2. The highest BCUT2D eigenvalue weighted by Crippen LogP contribution is 2.36. The first-order valence-corrected chi connectivity index (χ1v) is 20.4. The van der Waals surface area contributed by atoms with E-state index in [4.69, 9.17) is 9.72 Å². The number of H-pyrrole nitrogens is 1. The molecule has 2 aromatic carbocycles. The molecule has 2 saturated heterocycles. The lowest BCUT2D eigenvalue weighted by molar-refractivity contribution is -0.136. The normalized spacial score (nSPS) is 19.2. The van der Waals surface area contributed by atoms with E-state index in [0.717, 1.165) is 35.4 Å². The summed E-state index contributed by atoms with van der Waals surface area (Å²) in [7, 11) is -3.82. The number of piperidine rings is 2. The lowest BCUT2D eigenvalue weighted by Crippen LogP contribution is -2.54. The molecule has 1 unspecified atom stereocenters. The lowest BCUT2D eigenvalue weighted by Gasteiger charge is -2.33. The third kappa shape index (κ3) is 6.86. The van der Waals surface area contributed by atoms with Crippen molar-refractivity contribution in [2.75, 3.05) is 29.9 Å². The molecule has 1 aliphatic carbocycles. The van der Waals surface area contributed by atoms with Gasteiger partial charge in [0.1, 0.15) is 18.1 Å². The fourth-order valence-electron chi connectivity index (χ4n) is 7.66. The minimum Gasteiger partial charge on any atom is -0.484 e. The number of fused-ring (bicyclic) bond motifs is 2. The number of ether oxygens (including phenoxy) is 1. The first-order chi connectivity index (χ1) is 27.5. The molecule has 0 bridgehead atoms. The maximum absolute atomic E-state index is 13.4. The van der Waals surface area contributed by atoms with Gasteiger partial charge in [-0.15, -0.1) is 5.10 Å². The second-order valence-electron chi connectivity index (χ2n) is 14.8. The molecular formula is C38H39N11O7S. The minimum absolute atomic E-state index is 0.0536. The van der Waals surface area contributed by atoms with Gasteiger partial charge < -0.3 is 15.0 Å². The third-order valence-electron chi connectivity index (χ3n) is 11.2. The fourth-order valence-corrected chi connectivity index (χ4v) is 8.87. The number of aromatic amines is 1. The number of sulfonamides is 1. The summed E-state index contributed by atoms with van der Waals surface area (Å²) in [5.74, 6) is -1.26. The van der Waals surface area contributed by atoms with Gasteiger partial charge in [-0.25, -0.2) is 18.1 Å². The minimum atomic E-state index is -3.82. The Morgan fingerprint density at radius 2 is 1.77 bits per heavy atom. The number of aromatic nitrogens is 6. The Hall–Kier alpha value is -6.21. The molecule has 4 aliphatic rings. The molecule has 1 atom stereocenters. The number of nitrogens with one attached hydrogen (secondary N) is 4. The number of nitrogens with zero attached hydrogens (tertiary/aromatic N) is 7. The zero-order valence-corrected chi connectivity index (χ0v) is 31.7. The molecule has 18 nitrogen and oxygen atoms in total. The molecule has 1 saturated carbocycles. The molecular weight excluding hydrogens is 755 g/mol. The van der Waals surface area contributed by atoms with Crippen molar-refractivity contribution in [2.24, 2.45) is 5.92 Å². The number of anilines is 3. The van der Waals surface area contributed by atoms with Gasteiger partial charge in [-0.2, -0.15) is 14.6 Å². The van der Waals surface area contributed by atoms with Crippen LogP contribution in [0.2, 0.25) is 0 Å². The summed E-state index contributed by atoms with van der Waals surface area (Å²) in [6.45, 7) is 3.31. The number of rotatable bonds is 11. The van der Waals surface area contributed by atoms with Crippen molar-refractivity contribution in [1.29, 1.82) is 0 Å². The van der Waals surface area contributed by atoms with Crippen molar-refractivity contribution in [3.8, 4) is 17.0 Å². The van der Waals surface area contributed by atoms with E-state index >= 15 is 0 Å². The van der Waals surface area contributed by atoms with E-state index in [1.54, 1.807) is 59.6 Å². The van der Waals surface area contributed by atoms with Crippen molar-refractivity contribution in [3.63, 3.8) is 0 Å². The van der Waals surface area contributed by atoms with Gasteiger partial charge in [-0.1, -0.05) is 0 Å². The molecule has 294 valence electrons. The molecule has 5 aromatic rings. The van der Waals surface area contributed by atoms with E-state index in [1.165, 1.54) is 0 Å². The van der Waals surface area contributed by atoms with E-state index < -0.39 is 39.7 Å². The zero-order valence-electron chi connectivity index (χ0n) is 30.9. The Kier molecular flexibility index (Phi) is 9.19. The SMILES string of the molecule is Cc1cc(S(=O)(=O)NCC2CCN(c3ccc4c(c3)C(=O)N(C3CCC(=O)NC3=O)C4=O)CC2)ccc1Nc1nc2c(OC3CCC3)c(-c3cn[nH]c3)ncn2n1. The Bertz CT molecular complexity index is 2540. The van der Waals surface area contributed by atoms with Crippen LogP contribution in [0.15, 0.2) is 60.0 Å². The highest BCUT2D eigenvalue weighted by atomic mass is 32.2. The van der Waals surface area contributed by atoms with E-state index in [-0.39, 0.29) is 47.4 Å². The van der Waals surface area contributed by atoms with Gasteiger partial charge in [0.05, 0.1) is 28.3 Å². The van der Waals surface area contributed by atoms with Crippen LogP contribution in [-0.4, -0.2) is 98.5 Å². The van der Waals surface area contributed by atoms with Crippen LogP contribution in [-0.2, 0) is 19.6 Å². The summed E-state index contributed by atoms with van der Waals surface area (Å²) in [6, 6.07) is 8.87. The monoisotopic (exact) mass is 793 g/mol. The Balaban J connectivity index is 0.817. The van der Waals surface area contributed by atoms with Crippen LogP contribution in [0.3, 0.4) is 0 Å². The number of hydrogen-bond acceptors (Lipinski definition) is 13. The molecule has 3 aromatic heterocycles. The molecule has 57 heavy (non-hydrogen) atoms. The van der Waals surface area contributed by atoms with Crippen LogP contribution in [0, 0.1) is 12.8 Å². The van der Waals surface area contributed by atoms with Crippen LogP contribution in [0.5, 0.6) is 5.75 Å². The number of benzene rings is 2. The van der Waals surface area contributed by atoms with Crippen LogP contribution < -0.4 is 25.0 Å². The maximum atomic E-state index is 13.4. The van der Waals surface area contributed by atoms with Crippen molar-refractivity contribution >= 4 is 56.6 Å². The summed E-state index contributed by atoms with van der Waals surface area (Å²) in [5.41, 5.74) is 4.43. The topological polar surface area (TPSA) is 226 Å². The number of aryl methyl sites for hydroxylation is 1. The van der Waals surface area contributed by atoms with Gasteiger partial charge in [0.2, 0.25) is 33.4 Å². The highest BCUT2D eigenvalue weighted by molar-refractivity contribution is 7.89. The maximum Gasteiger partial charge on any atom is 0.262 e. The lowest BCUT2D eigenvalue weighted by atomic mass is 9.96. The molecule has 0 radical (unpaired) electrons. The Morgan fingerprint density at radius 1 is 0.965 bits per heavy atom. The van der Waals surface area contributed by atoms with Gasteiger partial charge in [0.15, 0.2) is 5.75 Å². The molecule has 3 fully saturated rings. The second-order valence-corrected chi connectivity index (χ2v) is 16.6. The number of amides is 4. The third-order valence-corrected chi connectivity index (χ3v) is 12.6. The first kappa shape index (κ1) is 36.4. The molecule has 0 spiro atoms. The zero-order chi connectivity index (χ0) is 39.4. The molecule has 4 amide bonds. The summed E-state index contributed by atoms with van der Waals surface area (Å²) in [6.07, 6.45) is 9.63. The smallest absolute Gasteiger partial charge is 0.262 e. The van der Waals surface area contributed by atoms with E-state index in [2.05, 4.69) is 40.5 Å². The van der Waals surface area contributed by atoms with E-state index in [0.29, 0.717) is 60.2 Å². The summed E-state index contributed by atoms with van der Waals surface area (Å²) >= 11 is 0. The van der Waals surface area contributed by atoms with Crippen LogP contribution >= 0.6 is 0 Å². The number of hydrogen-bond donors (Lipinski definition) is 4. The predicted molar refractivity (Wildman–Crippen MR) is 204 cm³/mol. The first-order valence-electron chi connectivity index (χ1n) is 18.9. The second kappa shape index (κ2) is 14.4. The van der Waals surface area contributed by atoms with Crippen LogP contribution in [0.1, 0.15) is 71.2 Å². The van der Waals surface area contributed by atoms with Gasteiger partial charge in [0.25, 0.3) is 11.8 Å². The van der Waals surface area contributed by atoms with Crippen LogP contribution in [0.25, 0.3) is 16.9 Å². The molecule has 9 rings (SSSR count). The molecule has 3 aliphatic heterocycles. The van der Waals surface area contributed by atoms with Crippen LogP contribution in [0.4, 0.5) is 17.3 Å². The molecule has 19 heteroatoms. The molecule has 6 heterocycles. The van der Waals surface area contributed by atoms with Gasteiger partial charge in [-0.3, -0.25) is 34.5 Å². The average Bonchev–Trinajstić information content (AvgIpc) is 3.92. The quantitative estimate of drug-likeness (QED) is 0.141. The van der Waals surface area contributed by atoms with Gasteiger partial charge >= 0.3 is 0 Å². The Morgan fingerprint density at radius 3 is 2.49 bits per heavy atom. The van der Waals surface area contributed by atoms with Gasteiger partial charge in [0, 0.05) is 49.2 Å². The molecule has 4 N–H and O–H groups in total. The number of carbonyl (C=O) groups excluding carboxylic acids is 4. The number of carbonyl (C=O) groups is 4. The van der Waals surface area contributed by atoms with Crippen molar-refractivity contribution in [3.05, 3.63) is 71.8 Å².